The molecule has 0 radical (unpaired) electrons. The van der Waals surface area contributed by atoms with Gasteiger partial charge in [0.2, 0.25) is 5.91 Å². The summed E-state index contributed by atoms with van der Waals surface area (Å²) in [6, 6.07) is 32.3. The first kappa shape index (κ1) is 32.6. The average Bonchev–Trinajstić information content (AvgIpc) is 3.58. The van der Waals surface area contributed by atoms with Crippen LogP contribution in [-0.2, 0) is 45.1 Å². The Bertz CT molecular complexity index is 1650. The van der Waals surface area contributed by atoms with E-state index in [0.29, 0.717) is 12.8 Å². The summed E-state index contributed by atoms with van der Waals surface area (Å²) in [6.07, 6.45) is -5.14. The van der Waals surface area contributed by atoms with Gasteiger partial charge >= 0.3 is 0 Å². The number of hydrogen-bond acceptors (Lipinski definition) is 7. The zero-order valence-electron chi connectivity index (χ0n) is 25.9. The summed E-state index contributed by atoms with van der Waals surface area (Å²) in [5, 5.41) is 39.0. The number of fused-ring (bicyclic) bond motifs is 2. The van der Waals surface area contributed by atoms with Crippen molar-refractivity contribution >= 4 is 11.8 Å². The monoisotopic (exact) mass is 636 g/mol. The molecule has 2 aliphatic carbocycles. The summed E-state index contributed by atoms with van der Waals surface area (Å²) in [5.41, 5.74) is 5.16. The molecule has 47 heavy (non-hydrogen) atoms. The van der Waals surface area contributed by atoms with E-state index in [9.17, 15) is 24.9 Å². The van der Waals surface area contributed by atoms with Crippen molar-refractivity contribution in [3.05, 3.63) is 143 Å². The minimum absolute atomic E-state index is 0.0343. The van der Waals surface area contributed by atoms with E-state index >= 15 is 0 Å². The molecule has 244 valence electrons. The lowest BCUT2D eigenvalue weighted by Gasteiger charge is -2.29. The van der Waals surface area contributed by atoms with E-state index in [1.807, 2.05) is 109 Å². The second-order valence-corrected chi connectivity index (χ2v) is 12.2. The molecule has 2 amide bonds. The van der Waals surface area contributed by atoms with Gasteiger partial charge in [0.05, 0.1) is 43.6 Å². The van der Waals surface area contributed by atoms with Gasteiger partial charge in [0.15, 0.2) is 6.10 Å². The van der Waals surface area contributed by atoms with Crippen LogP contribution in [0.2, 0.25) is 0 Å². The van der Waals surface area contributed by atoms with Crippen molar-refractivity contribution in [2.75, 3.05) is 0 Å². The Balaban J connectivity index is 1.22. The van der Waals surface area contributed by atoms with Crippen LogP contribution in [0.4, 0.5) is 0 Å². The van der Waals surface area contributed by atoms with Crippen LogP contribution in [0.1, 0.15) is 51.9 Å². The number of aliphatic hydroxyl groups is 3. The molecule has 9 heteroatoms. The molecule has 2 unspecified atom stereocenters. The fraction of sp³-hybridized carbons (Fsp3) is 0.316. The molecular formula is C38H40N2O7. The second kappa shape index (κ2) is 15.0. The highest BCUT2D eigenvalue weighted by Gasteiger charge is 2.39. The Labute approximate surface area is 274 Å². The first-order valence-electron chi connectivity index (χ1n) is 16.0. The van der Waals surface area contributed by atoms with Gasteiger partial charge in [-0.1, -0.05) is 109 Å². The number of benzene rings is 4. The molecule has 0 fully saturated rings. The fourth-order valence-electron chi connectivity index (χ4n) is 6.46. The van der Waals surface area contributed by atoms with E-state index in [0.717, 1.165) is 33.4 Å². The normalized spacial score (nSPS) is 21.7. The van der Waals surface area contributed by atoms with E-state index < -0.39 is 54.4 Å². The molecular weight excluding hydrogens is 596 g/mol. The Morgan fingerprint density at radius 2 is 1.09 bits per heavy atom. The van der Waals surface area contributed by atoms with Crippen LogP contribution in [0.25, 0.3) is 0 Å². The van der Waals surface area contributed by atoms with E-state index in [4.69, 9.17) is 9.47 Å². The van der Waals surface area contributed by atoms with Gasteiger partial charge in [-0.2, -0.15) is 0 Å². The number of carbonyl (C=O) groups excluding carboxylic acids is 2. The molecule has 0 aromatic heterocycles. The molecule has 6 rings (SSSR count). The first-order chi connectivity index (χ1) is 22.9. The van der Waals surface area contributed by atoms with Crippen LogP contribution in [-0.4, -0.2) is 57.7 Å². The summed E-state index contributed by atoms with van der Waals surface area (Å²) >= 11 is 0. The van der Waals surface area contributed by atoms with Crippen LogP contribution in [0.3, 0.4) is 0 Å². The zero-order chi connectivity index (χ0) is 32.8. The van der Waals surface area contributed by atoms with Gasteiger partial charge in [0, 0.05) is 19.3 Å². The summed E-state index contributed by atoms with van der Waals surface area (Å²) < 4.78 is 12.2. The third-order valence-corrected chi connectivity index (χ3v) is 8.93. The van der Waals surface area contributed by atoms with Crippen LogP contribution < -0.4 is 10.6 Å². The summed E-state index contributed by atoms with van der Waals surface area (Å²) in [5.74, 6) is -1.14. The Hall–Kier alpha value is -4.38. The molecule has 0 aliphatic heterocycles. The van der Waals surface area contributed by atoms with E-state index in [2.05, 4.69) is 10.6 Å². The maximum absolute atomic E-state index is 13.8. The average molecular weight is 637 g/mol. The number of aliphatic hydroxyl groups excluding tert-OH is 3. The largest absolute Gasteiger partial charge is 0.390 e. The molecule has 0 saturated heterocycles. The van der Waals surface area contributed by atoms with Crippen LogP contribution in [0.5, 0.6) is 0 Å². The topological polar surface area (TPSA) is 137 Å². The molecule has 4 aromatic carbocycles. The zero-order valence-corrected chi connectivity index (χ0v) is 25.9. The van der Waals surface area contributed by atoms with Crippen molar-refractivity contribution in [3.63, 3.8) is 0 Å². The summed E-state index contributed by atoms with van der Waals surface area (Å²) in [4.78, 5) is 27.6. The van der Waals surface area contributed by atoms with Crippen LogP contribution in [0, 0.1) is 0 Å². The molecule has 2 aliphatic rings. The van der Waals surface area contributed by atoms with Crippen molar-refractivity contribution in [1.29, 1.82) is 0 Å². The molecule has 4 aromatic rings. The van der Waals surface area contributed by atoms with Gasteiger partial charge in [-0.25, -0.2) is 0 Å². The second-order valence-electron chi connectivity index (χ2n) is 12.2. The number of hydrogen-bond donors (Lipinski definition) is 5. The first-order valence-corrected chi connectivity index (χ1v) is 16.0. The highest BCUT2D eigenvalue weighted by atomic mass is 16.5. The molecule has 5 N–H and O–H groups in total. The van der Waals surface area contributed by atoms with Crippen LogP contribution in [0.15, 0.2) is 109 Å². The quantitative estimate of drug-likeness (QED) is 0.152. The summed E-state index contributed by atoms with van der Waals surface area (Å²) in [6.45, 7) is 0.120. The lowest BCUT2D eigenvalue weighted by atomic mass is 10.0. The predicted octanol–water partition coefficient (Wildman–Crippen LogP) is 3.46. The van der Waals surface area contributed by atoms with Crippen molar-refractivity contribution in [1.82, 2.24) is 10.6 Å². The molecule has 7 atom stereocenters. The number of carbonyl (C=O) groups is 2. The van der Waals surface area contributed by atoms with E-state index in [1.165, 1.54) is 0 Å². The van der Waals surface area contributed by atoms with Gasteiger partial charge in [-0.15, -0.1) is 0 Å². The maximum atomic E-state index is 13.8. The van der Waals surface area contributed by atoms with Crippen molar-refractivity contribution in [3.8, 4) is 0 Å². The number of ether oxygens (including phenoxy) is 2. The third kappa shape index (κ3) is 7.78. The lowest BCUT2D eigenvalue weighted by molar-refractivity contribution is -0.150. The maximum Gasteiger partial charge on any atom is 0.252 e. The van der Waals surface area contributed by atoms with E-state index in [1.54, 1.807) is 0 Å². The van der Waals surface area contributed by atoms with Crippen molar-refractivity contribution in [2.45, 2.75) is 75.1 Å². The predicted molar refractivity (Wildman–Crippen MR) is 175 cm³/mol. The molecule has 0 bridgehead atoms. The molecule has 0 saturated carbocycles. The Morgan fingerprint density at radius 3 is 1.62 bits per heavy atom. The minimum atomic E-state index is -1.46. The van der Waals surface area contributed by atoms with Gasteiger partial charge < -0.3 is 35.4 Å². The third-order valence-electron chi connectivity index (χ3n) is 8.93. The highest BCUT2D eigenvalue weighted by molar-refractivity contribution is 5.83. The van der Waals surface area contributed by atoms with Crippen molar-refractivity contribution < 1.29 is 34.4 Å². The fourth-order valence-corrected chi connectivity index (χ4v) is 6.46. The highest BCUT2D eigenvalue weighted by Crippen LogP contribution is 2.33. The van der Waals surface area contributed by atoms with Gasteiger partial charge in [-0.3, -0.25) is 9.59 Å². The van der Waals surface area contributed by atoms with Gasteiger partial charge in [-0.05, 0) is 33.4 Å². The molecule has 0 heterocycles. The van der Waals surface area contributed by atoms with Crippen LogP contribution >= 0.6 is 0 Å². The summed E-state index contributed by atoms with van der Waals surface area (Å²) in [7, 11) is 0. The lowest BCUT2D eigenvalue weighted by Crippen LogP contribution is -2.49. The number of amides is 2. The SMILES string of the molecule is O=C(NC1c2ccccc2C[C@H]1O)[C@@H](C[C@@H](O)[C@@H](OCc1ccccc1)C(=O)NC1c2ccccc2C[C@@H]1O)OCc1ccccc1. The van der Waals surface area contributed by atoms with Gasteiger partial charge in [0.25, 0.3) is 5.91 Å². The Kier molecular flexibility index (Phi) is 10.4. The standard InChI is InChI=1S/C38H40N2O7/c41-30-19-26-15-7-9-17-28(26)34(30)39-37(44)33(46-22-24-11-3-1-4-12-24)21-32(43)36(47-23-25-13-5-2-6-14-25)38(45)40-35-29-18-10-8-16-27(29)20-31(35)42/h1-18,30-36,41-43H,19-23H2,(H,39,44)(H,40,45)/t30-,31+,32-,33-,34?,35?,36-/m1/s1. The smallest absolute Gasteiger partial charge is 0.252 e. The van der Waals surface area contributed by atoms with Gasteiger partial charge in [0.1, 0.15) is 6.10 Å². The Morgan fingerprint density at radius 1 is 0.638 bits per heavy atom. The number of nitrogens with one attached hydrogen (secondary N) is 2. The van der Waals surface area contributed by atoms with E-state index in [-0.39, 0.29) is 19.6 Å². The number of rotatable bonds is 13. The molecule has 9 nitrogen and oxygen atoms in total. The van der Waals surface area contributed by atoms with Crippen molar-refractivity contribution in [2.24, 2.45) is 0 Å². The minimum Gasteiger partial charge on any atom is -0.390 e. The molecule has 0 spiro atoms.